The molecule has 0 aliphatic rings. The summed E-state index contributed by atoms with van der Waals surface area (Å²) in [7, 11) is 0. The Labute approximate surface area is 103 Å². The fourth-order valence-corrected chi connectivity index (χ4v) is 1.41. The molecule has 2 aromatic carbocycles. The molecule has 0 unspecified atom stereocenters. The summed E-state index contributed by atoms with van der Waals surface area (Å²) >= 11 is 0. The lowest BCUT2D eigenvalue weighted by molar-refractivity contribution is 0.101. The van der Waals surface area contributed by atoms with Gasteiger partial charge in [-0.3, -0.25) is 4.79 Å². The summed E-state index contributed by atoms with van der Waals surface area (Å²) in [6, 6.07) is 13.8. The minimum Gasteiger partial charge on any atom is -0.295 e. The van der Waals surface area contributed by atoms with E-state index in [0.717, 1.165) is 10.9 Å². The molecule has 2 aromatic rings. The fraction of sp³-hybridized carbons (Fsp3) is 0.312. The molecule has 2 rings (SSSR count). The second-order valence-corrected chi connectivity index (χ2v) is 4.12. The molecule has 0 N–H and O–H groups in total. The van der Waals surface area contributed by atoms with Crippen LogP contribution >= 0.6 is 0 Å². The van der Waals surface area contributed by atoms with E-state index in [9.17, 15) is 4.79 Å². The van der Waals surface area contributed by atoms with Crippen molar-refractivity contribution in [3.63, 3.8) is 0 Å². The van der Waals surface area contributed by atoms with E-state index in [1.807, 2.05) is 42.5 Å². The predicted octanol–water partition coefficient (Wildman–Crippen LogP) is 4.85. The van der Waals surface area contributed by atoms with Crippen molar-refractivity contribution in [2.75, 3.05) is 0 Å². The lowest BCUT2D eigenvalue weighted by Crippen LogP contribution is -1.90. The maximum atomic E-state index is 11.1. The molecule has 90 valence electrons. The van der Waals surface area contributed by atoms with Crippen LogP contribution in [0.5, 0.6) is 0 Å². The van der Waals surface area contributed by atoms with Gasteiger partial charge in [0.2, 0.25) is 0 Å². The molecule has 0 radical (unpaired) electrons. The van der Waals surface area contributed by atoms with Crippen molar-refractivity contribution in [2.24, 2.45) is 0 Å². The van der Waals surface area contributed by atoms with E-state index < -0.39 is 0 Å². The smallest absolute Gasteiger partial charge is 0.159 e. The van der Waals surface area contributed by atoms with E-state index in [0.29, 0.717) is 0 Å². The molecule has 0 spiro atoms. The van der Waals surface area contributed by atoms with Gasteiger partial charge in [-0.1, -0.05) is 63.1 Å². The zero-order valence-electron chi connectivity index (χ0n) is 10.9. The van der Waals surface area contributed by atoms with Crippen molar-refractivity contribution >= 4 is 16.6 Å². The van der Waals surface area contributed by atoms with E-state index >= 15 is 0 Å². The number of benzene rings is 2. The van der Waals surface area contributed by atoms with Gasteiger partial charge < -0.3 is 0 Å². The Hall–Kier alpha value is -1.63. The van der Waals surface area contributed by atoms with Gasteiger partial charge in [-0.15, -0.1) is 0 Å². The first-order valence-corrected chi connectivity index (χ1v) is 6.18. The highest BCUT2D eigenvalue weighted by atomic mass is 16.1. The summed E-state index contributed by atoms with van der Waals surface area (Å²) < 4.78 is 0. The molecule has 1 nitrogen and oxygen atoms in total. The molecule has 0 fully saturated rings. The summed E-state index contributed by atoms with van der Waals surface area (Å²) in [6.45, 7) is 5.95. The average molecular weight is 228 g/mol. The van der Waals surface area contributed by atoms with Crippen molar-refractivity contribution < 1.29 is 4.79 Å². The molecule has 0 bridgehead atoms. The quantitative estimate of drug-likeness (QED) is 0.671. The number of carbonyl (C=O) groups is 1. The number of hydrogen-bond donors (Lipinski definition) is 0. The lowest BCUT2D eigenvalue weighted by atomic mass is 10.1. The minimum absolute atomic E-state index is 0.116. The minimum atomic E-state index is 0.116. The molecule has 0 aromatic heterocycles. The SMILES string of the molecule is CC(=O)c1ccc2ccccc2c1.CCCC. The van der Waals surface area contributed by atoms with Gasteiger partial charge in [-0.05, 0) is 23.8 Å². The van der Waals surface area contributed by atoms with Gasteiger partial charge in [0, 0.05) is 5.56 Å². The van der Waals surface area contributed by atoms with Crippen LogP contribution in [0.4, 0.5) is 0 Å². The highest BCUT2D eigenvalue weighted by Gasteiger charge is 1.99. The van der Waals surface area contributed by atoms with Gasteiger partial charge in [0.15, 0.2) is 5.78 Å². The average Bonchev–Trinajstić information content (AvgIpc) is 2.38. The maximum Gasteiger partial charge on any atom is 0.159 e. The van der Waals surface area contributed by atoms with Crippen molar-refractivity contribution in [2.45, 2.75) is 33.6 Å². The second kappa shape index (κ2) is 6.85. The summed E-state index contributed by atoms with van der Waals surface area (Å²) in [4.78, 5) is 11.1. The van der Waals surface area contributed by atoms with Gasteiger partial charge >= 0.3 is 0 Å². The number of carbonyl (C=O) groups excluding carboxylic acids is 1. The Balaban J connectivity index is 0.000000317. The topological polar surface area (TPSA) is 17.1 Å². The van der Waals surface area contributed by atoms with E-state index in [1.54, 1.807) is 6.92 Å². The number of fused-ring (bicyclic) bond motifs is 1. The Morgan fingerprint density at radius 2 is 1.53 bits per heavy atom. The van der Waals surface area contributed by atoms with E-state index in [1.165, 1.54) is 18.2 Å². The zero-order chi connectivity index (χ0) is 12.7. The van der Waals surface area contributed by atoms with Crippen LogP contribution in [-0.4, -0.2) is 5.78 Å². The zero-order valence-corrected chi connectivity index (χ0v) is 10.9. The summed E-state index contributed by atoms with van der Waals surface area (Å²) in [5.41, 5.74) is 0.777. The largest absolute Gasteiger partial charge is 0.295 e. The van der Waals surface area contributed by atoms with E-state index in [4.69, 9.17) is 0 Å². The van der Waals surface area contributed by atoms with Crippen molar-refractivity contribution in [1.29, 1.82) is 0 Å². The van der Waals surface area contributed by atoms with Crippen molar-refractivity contribution in [3.8, 4) is 0 Å². The van der Waals surface area contributed by atoms with Gasteiger partial charge in [0.25, 0.3) is 0 Å². The van der Waals surface area contributed by atoms with Crippen molar-refractivity contribution in [1.82, 2.24) is 0 Å². The first kappa shape index (κ1) is 13.4. The third kappa shape index (κ3) is 4.03. The summed E-state index contributed by atoms with van der Waals surface area (Å²) in [5, 5.41) is 2.29. The van der Waals surface area contributed by atoms with E-state index in [2.05, 4.69) is 13.8 Å². The first-order valence-electron chi connectivity index (χ1n) is 6.18. The summed E-state index contributed by atoms with van der Waals surface area (Å²) in [6.07, 6.45) is 2.64. The third-order valence-electron chi connectivity index (χ3n) is 2.66. The Morgan fingerprint density at radius 1 is 0.941 bits per heavy atom. The highest BCUT2D eigenvalue weighted by Crippen LogP contribution is 2.15. The molecule has 0 aliphatic heterocycles. The van der Waals surface area contributed by atoms with Gasteiger partial charge in [-0.2, -0.15) is 0 Å². The van der Waals surface area contributed by atoms with Crippen LogP contribution in [-0.2, 0) is 0 Å². The third-order valence-corrected chi connectivity index (χ3v) is 2.66. The first-order chi connectivity index (χ1) is 8.19. The van der Waals surface area contributed by atoms with E-state index in [-0.39, 0.29) is 5.78 Å². The molecule has 0 atom stereocenters. The Bertz CT molecular complexity index is 484. The van der Waals surface area contributed by atoms with Gasteiger partial charge in [0.05, 0.1) is 0 Å². The predicted molar refractivity (Wildman–Crippen MR) is 74.5 cm³/mol. The number of rotatable bonds is 2. The molecule has 0 heterocycles. The standard InChI is InChI=1S/C12H10O.C4H10/c1-9(13)11-7-6-10-4-2-3-5-12(10)8-11;1-3-4-2/h2-8H,1H3;3-4H2,1-2H3. The Morgan fingerprint density at radius 3 is 2.06 bits per heavy atom. The normalized spacial score (nSPS) is 9.59. The Kier molecular flexibility index (Phi) is 5.41. The number of unbranched alkanes of at least 4 members (excludes halogenated alkanes) is 1. The molecular weight excluding hydrogens is 208 g/mol. The van der Waals surface area contributed by atoms with Crippen LogP contribution in [0.25, 0.3) is 10.8 Å². The van der Waals surface area contributed by atoms with Crippen LogP contribution in [0, 0.1) is 0 Å². The number of hydrogen-bond acceptors (Lipinski definition) is 1. The molecule has 0 saturated carbocycles. The van der Waals surface area contributed by atoms with Crippen LogP contribution < -0.4 is 0 Å². The number of Topliss-reactive ketones (excluding diaryl/α,β-unsaturated/α-hetero) is 1. The van der Waals surface area contributed by atoms with Crippen molar-refractivity contribution in [3.05, 3.63) is 48.0 Å². The molecule has 0 aliphatic carbocycles. The van der Waals surface area contributed by atoms with Crippen LogP contribution in [0.3, 0.4) is 0 Å². The van der Waals surface area contributed by atoms with Gasteiger partial charge in [0.1, 0.15) is 0 Å². The number of ketones is 1. The van der Waals surface area contributed by atoms with Crippen LogP contribution in [0.2, 0.25) is 0 Å². The van der Waals surface area contributed by atoms with Crippen LogP contribution in [0.15, 0.2) is 42.5 Å². The van der Waals surface area contributed by atoms with Crippen LogP contribution in [0.1, 0.15) is 44.0 Å². The monoisotopic (exact) mass is 228 g/mol. The molecule has 0 saturated heterocycles. The highest BCUT2D eigenvalue weighted by molar-refractivity contribution is 5.98. The molecule has 17 heavy (non-hydrogen) atoms. The van der Waals surface area contributed by atoms with Gasteiger partial charge in [-0.25, -0.2) is 0 Å². The second-order valence-electron chi connectivity index (χ2n) is 4.12. The molecule has 1 heteroatoms. The lowest BCUT2D eigenvalue weighted by Gasteiger charge is -1.99. The fourth-order valence-electron chi connectivity index (χ4n) is 1.41. The maximum absolute atomic E-state index is 11.1. The summed E-state index contributed by atoms with van der Waals surface area (Å²) in [5.74, 6) is 0.116. The molecular formula is C16H20O. The molecule has 0 amide bonds.